The van der Waals surface area contributed by atoms with Crippen LogP contribution in [0.3, 0.4) is 0 Å². The van der Waals surface area contributed by atoms with E-state index in [2.05, 4.69) is 9.71 Å². The molecule has 3 aromatic carbocycles. The fraction of sp³-hybridized carbons (Fsp3) is 0.0435. The van der Waals surface area contributed by atoms with Crippen LogP contribution in [0.1, 0.15) is 20.7 Å². The average Bonchev–Trinajstić information content (AvgIpc) is 3.22. The van der Waals surface area contributed by atoms with Crippen molar-refractivity contribution in [2.24, 2.45) is 0 Å². The first-order valence-corrected chi connectivity index (χ1v) is 11.0. The Kier molecular flexibility index (Phi) is 5.74. The van der Waals surface area contributed by atoms with Crippen LogP contribution in [0.25, 0.3) is 10.9 Å². The van der Waals surface area contributed by atoms with Gasteiger partial charge in [-0.2, -0.15) is 0 Å². The second kappa shape index (κ2) is 8.64. The third kappa shape index (κ3) is 4.37. The van der Waals surface area contributed by atoms with Crippen LogP contribution in [-0.2, 0) is 14.8 Å². The van der Waals surface area contributed by atoms with E-state index >= 15 is 0 Å². The molecule has 1 aromatic heterocycles. The summed E-state index contributed by atoms with van der Waals surface area (Å²) < 4.78 is 45.7. The lowest BCUT2D eigenvalue weighted by molar-refractivity contribution is 0.0476. The van der Waals surface area contributed by atoms with Crippen molar-refractivity contribution >= 4 is 38.4 Å². The van der Waals surface area contributed by atoms with Gasteiger partial charge in [0.15, 0.2) is 6.61 Å². The highest BCUT2D eigenvalue weighted by molar-refractivity contribution is 7.92. The molecule has 32 heavy (non-hydrogen) atoms. The third-order valence-electron chi connectivity index (χ3n) is 4.74. The molecule has 4 rings (SSSR count). The molecule has 7 nitrogen and oxygen atoms in total. The summed E-state index contributed by atoms with van der Waals surface area (Å²) in [7, 11) is -4.07. The second-order valence-electron chi connectivity index (χ2n) is 6.85. The van der Waals surface area contributed by atoms with Crippen molar-refractivity contribution in [3.05, 3.63) is 95.9 Å². The molecule has 0 aliphatic carbocycles. The summed E-state index contributed by atoms with van der Waals surface area (Å²) in [6.45, 7) is -0.514. The summed E-state index contributed by atoms with van der Waals surface area (Å²) in [5, 5.41) is 0.709. The summed E-state index contributed by atoms with van der Waals surface area (Å²) in [4.78, 5) is 28.0. The molecule has 0 bridgehead atoms. The first-order valence-electron chi connectivity index (χ1n) is 9.49. The van der Waals surface area contributed by atoms with Crippen molar-refractivity contribution in [2.75, 3.05) is 11.3 Å². The smallest absolute Gasteiger partial charge is 0.340 e. The number of benzene rings is 3. The highest BCUT2D eigenvalue weighted by Gasteiger charge is 2.21. The maximum atomic E-state index is 13.1. The number of carbonyl (C=O) groups excluding carboxylic acids is 2. The molecule has 9 heteroatoms. The van der Waals surface area contributed by atoms with Crippen LogP contribution < -0.4 is 4.72 Å². The van der Waals surface area contributed by atoms with Crippen molar-refractivity contribution in [3.8, 4) is 0 Å². The zero-order valence-corrected chi connectivity index (χ0v) is 17.4. The average molecular weight is 452 g/mol. The highest BCUT2D eigenvalue weighted by atomic mass is 32.2. The summed E-state index contributed by atoms with van der Waals surface area (Å²) >= 11 is 0. The number of sulfonamides is 1. The van der Waals surface area contributed by atoms with E-state index in [0.717, 1.165) is 29.8 Å². The Morgan fingerprint density at radius 2 is 1.59 bits per heavy atom. The standard InChI is InChI=1S/C23H17FN2O5S/c24-15-9-11-16(12-10-15)32(29,30)26-21-8-4-2-6-18(21)23(28)31-14-22(27)19-13-25-20-7-3-1-5-17(19)20/h1-13,25-26H,14H2. The van der Waals surface area contributed by atoms with E-state index in [9.17, 15) is 22.4 Å². The number of ether oxygens (including phenoxy) is 1. The molecule has 0 atom stereocenters. The minimum absolute atomic E-state index is 0.0265. The van der Waals surface area contributed by atoms with Gasteiger partial charge in [-0.25, -0.2) is 17.6 Å². The number of para-hydroxylation sites is 2. The number of Topliss-reactive ketones (excluding diaryl/α,β-unsaturated/α-hetero) is 1. The van der Waals surface area contributed by atoms with E-state index in [4.69, 9.17) is 4.74 Å². The van der Waals surface area contributed by atoms with Crippen molar-refractivity contribution in [1.82, 2.24) is 4.98 Å². The van der Waals surface area contributed by atoms with Crippen LogP contribution in [0.5, 0.6) is 0 Å². The van der Waals surface area contributed by atoms with E-state index in [1.165, 1.54) is 24.3 Å². The highest BCUT2D eigenvalue weighted by Crippen LogP contribution is 2.22. The van der Waals surface area contributed by atoms with Crippen LogP contribution in [0.4, 0.5) is 10.1 Å². The number of aromatic nitrogens is 1. The molecule has 162 valence electrons. The zero-order valence-electron chi connectivity index (χ0n) is 16.5. The lowest BCUT2D eigenvalue weighted by Crippen LogP contribution is -2.18. The number of aromatic amines is 1. The van der Waals surface area contributed by atoms with Gasteiger partial charge in [0.2, 0.25) is 5.78 Å². The molecule has 0 spiro atoms. The molecule has 0 aliphatic rings. The number of esters is 1. The number of anilines is 1. The molecule has 2 N–H and O–H groups in total. The minimum atomic E-state index is -4.07. The van der Waals surface area contributed by atoms with E-state index in [-0.39, 0.29) is 16.1 Å². The Morgan fingerprint density at radius 1 is 0.906 bits per heavy atom. The van der Waals surface area contributed by atoms with Crippen molar-refractivity contribution in [2.45, 2.75) is 4.90 Å². The van der Waals surface area contributed by atoms with Crippen molar-refractivity contribution in [1.29, 1.82) is 0 Å². The molecule has 4 aromatic rings. The molecule has 0 saturated carbocycles. The number of ketones is 1. The molecule has 0 saturated heterocycles. The van der Waals surface area contributed by atoms with Gasteiger partial charge in [0, 0.05) is 22.7 Å². The normalized spacial score (nSPS) is 11.3. The SMILES string of the molecule is O=C(OCC(=O)c1c[nH]c2ccccc12)c1ccccc1NS(=O)(=O)c1ccc(F)cc1. The van der Waals surface area contributed by atoms with Gasteiger partial charge >= 0.3 is 5.97 Å². The van der Waals surface area contributed by atoms with E-state index in [1.807, 2.05) is 12.1 Å². The summed E-state index contributed by atoms with van der Waals surface area (Å²) in [6.07, 6.45) is 1.55. The number of carbonyl (C=O) groups is 2. The number of hydrogen-bond acceptors (Lipinski definition) is 5. The van der Waals surface area contributed by atoms with Gasteiger partial charge in [0.25, 0.3) is 10.0 Å². The number of halogens is 1. The Labute approximate surface area is 182 Å². The predicted molar refractivity (Wildman–Crippen MR) is 117 cm³/mol. The molecular formula is C23H17FN2O5S. The van der Waals surface area contributed by atoms with Crippen LogP contribution >= 0.6 is 0 Å². The van der Waals surface area contributed by atoms with Crippen LogP contribution in [-0.4, -0.2) is 31.8 Å². The molecule has 1 heterocycles. The van der Waals surface area contributed by atoms with Gasteiger partial charge in [0.1, 0.15) is 5.82 Å². The molecule has 0 radical (unpaired) electrons. The maximum absolute atomic E-state index is 13.1. The molecule has 0 aliphatic heterocycles. The van der Waals surface area contributed by atoms with Crippen LogP contribution in [0.2, 0.25) is 0 Å². The topological polar surface area (TPSA) is 105 Å². The minimum Gasteiger partial charge on any atom is -0.454 e. The quantitative estimate of drug-likeness (QED) is 0.324. The van der Waals surface area contributed by atoms with Crippen LogP contribution in [0.15, 0.2) is 83.9 Å². The molecule has 0 fully saturated rings. The summed E-state index contributed by atoms with van der Waals surface area (Å²) in [6, 6.07) is 17.3. The van der Waals surface area contributed by atoms with Gasteiger partial charge in [0.05, 0.1) is 16.1 Å². The van der Waals surface area contributed by atoms with E-state index in [1.54, 1.807) is 18.3 Å². The number of H-pyrrole nitrogens is 1. The Hall–Kier alpha value is -3.98. The van der Waals surface area contributed by atoms with Gasteiger partial charge in [-0.3, -0.25) is 9.52 Å². The van der Waals surface area contributed by atoms with Gasteiger partial charge in [-0.1, -0.05) is 30.3 Å². The predicted octanol–water partition coefficient (Wildman–Crippen LogP) is 4.15. The Morgan fingerprint density at radius 3 is 2.38 bits per heavy atom. The summed E-state index contributed by atoms with van der Waals surface area (Å²) in [5.41, 5.74) is 1.08. The molecule has 0 unspecified atom stereocenters. The van der Waals surface area contributed by atoms with Crippen molar-refractivity contribution < 1.29 is 27.1 Å². The van der Waals surface area contributed by atoms with Gasteiger partial charge < -0.3 is 9.72 Å². The zero-order chi connectivity index (χ0) is 22.7. The Balaban J connectivity index is 1.50. The largest absolute Gasteiger partial charge is 0.454 e. The number of fused-ring (bicyclic) bond motifs is 1. The number of rotatable bonds is 7. The van der Waals surface area contributed by atoms with E-state index < -0.39 is 34.2 Å². The van der Waals surface area contributed by atoms with Gasteiger partial charge in [-0.05, 0) is 42.5 Å². The fourth-order valence-electron chi connectivity index (χ4n) is 3.16. The lowest BCUT2D eigenvalue weighted by atomic mass is 10.1. The third-order valence-corrected chi connectivity index (χ3v) is 6.12. The molecule has 0 amide bonds. The fourth-order valence-corrected chi connectivity index (χ4v) is 4.24. The lowest BCUT2D eigenvalue weighted by Gasteiger charge is -2.12. The first-order chi connectivity index (χ1) is 15.3. The van der Waals surface area contributed by atoms with Gasteiger partial charge in [-0.15, -0.1) is 0 Å². The Bertz CT molecular complexity index is 1410. The number of nitrogens with one attached hydrogen (secondary N) is 2. The van der Waals surface area contributed by atoms with E-state index in [0.29, 0.717) is 10.9 Å². The van der Waals surface area contributed by atoms with Crippen molar-refractivity contribution in [3.63, 3.8) is 0 Å². The second-order valence-corrected chi connectivity index (χ2v) is 8.53. The van der Waals surface area contributed by atoms with Crippen LogP contribution in [0, 0.1) is 5.82 Å². The summed E-state index contributed by atoms with van der Waals surface area (Å²) in [5.74, 6) is -1.84. The first kappa shape index (κ1) is 21.3. The maximum Gasteiger partial charge on any atom is 0.340 e. The number of hydrogen-bond donors (Lipinski definition) is 2. The molecular weight excluding hydrogens is 435 g/mol. The monoisotopic (exact) mass is 452 g/mol.